The van der Waals surface area contributed by atoms with Crippen LogP contribution in [0.25, 0.3) is 0 Å². The predicted molar refractivity (Wildman–Crippen MR) is 89.7 cm³/mol. The molecular formula is C17H27N3O2. The lowest BCUT2D eigenvalue weighted by atomic mass is 10.0. The third kappa shape index (κ3) is 7.11. The molecule has 0 aliphatic heterocycles. The average molecular weight is 305 g/mol. The van der Waals surface area contributed by atoms with Gasteiger partial charge in [0.2, 0.25) is 5.91 Å². The molecule has 0 saturated carbocycles. The Morgan fingerprint density at radius 3 is 2.18 bits per heavy atom. The first kappa shape index (κ1) is 18.0. The van der Waals surface area contributed by atoms with Gasteiger partial charge in [-0.3, -0.25) is 4.79 Å². The topological polar surface area (TPSA) is 70.2 Å². The summed E-state index contributed by atoms with van der Waals surface area (Å²) in [5, 5.41) is 8.37. The maximum Gasteiger partial charge on any atom is 0.319 e. The van der Waals surface area contributed by atoms with E-state index in [1.807, 2.05) is 45.9 Å². The molecule has 1 aromatic carbocycles. The van der Waals surface area contributed by atoms with Crippen LogP contribution in [-0.2, 0) is 4.79 Å². The van der Waals surface area contributed by atoms with Gasteiger partial charge in [-0.15, -0.1) is 0 Å². The molecule has 0 aliphatic carbocycles. The minimum absolute atomic E-state index is 0.134. The molecule has 3 amide bonds. The van der Waals surface area contributed by atoms with Crippen LogP contribution in [0, 0.1) is 11.8 Å². The molecule has 5 heteroatoms. The normalized spacial score (nSPS) is 12.1. The number of nitrogens with one attached hydrogen (secondary N) is 3. The number of anilines is 1. The minimum Gasteiger partial charge on any atom is -0.354 e. The van der Waals surface area contributed by atoms with Crippen molar-refractivity contribution >= 4 is 17.6 Å². The molecule has 122 valence electrons. The standard InChI is InChI=1S/C17H27N3O2/c1-12(2)10-15(16(21)18-11-13(3)4)20-17(22)19-14-8-6-5-7-9-14/h5-9,12-13,15H,10-11H2,1-4H3,(H,18,21)(H2,19,20,22)/t15-/m0/s1. The van der Waals surface area contributed by atoms with E-state index in [1.165, 1.54) is 0 Å². The second-order valence-corrected chi connectivity index (χ2v) is 6.29. The summed E-state index contributed by atoms with van der Waals surface area (Å²) in [6.45, 7) is 8.73. The van der Waals surface area contributed by atoms with Crippen LogP contribution in [0.2, 0.25) is 0 Å². The Labute approximate surface area is 132 Å². The van der Waals surface area contributed by atoms with E-state index in [1.54, 1.807) is 12.1 Å². The maximum absolute atomic E-state index is 12.2. The summed E-state index contributed by atoms with van der Waals surface area (Å²) in [5.41, 5.74) is 0.700. The molecule has 0 heterocycles. The first-order chi connectivity index (χ1) is 10.4. The van der Waals surface area contributed by atoms with Crippen molar-refractivity contribution in [2.75, 3.05) is 11.9 Å². The Balaban J connectivity index is 2.59. The Hall–Kier alpha value is -2.04. The van der Waals surface area contributed by atoms with E-state index in [-0.39, 0.29) is 11.9 Å². The fourth-order valence-corrected chi connectivity index (χ4v) is 1.98. The summed E-state index contributed by atoms with van der Waals surface area (Å²) in [4.78, 5) is 24.3. The van der Waals surface area contributed by atoms with E-state index in [0.29, 0.717) is 30.5 Å². The number of carbonyl (C=O) groups excluding carboxylic acids is 2. The van der Waals surface area contributed by atoms with E-state index in [9.17, 15) is 9.59 Å². The van der Waals surface area contributed by atoms with Crippen molar-refractivity contribution in [3.05, 3.63) is 30.3 Å². The number of hydrogen-bond donors (Lipinski definition) is 3. The monoisotopic (exact) mass is 305 g/mol. The highest BCUT2D eigenvalue weighted by molar-refractivity contribution is 5.93. The number of para-hydroxylation sites is 1. The Morgan fingerprint density at radius 2 is 1.64 bits per heavy atom. The second kappa shape index (κ2) is 9.07. The molecule has 0 aliphatic rings. The van der Waals surface area contributed by atoms with E-state index < -0.39 is 6.04 Å². The van der Waals surface area contributed by atoms with Crippen molar-refractivity contribution in [1.29, 1.82) is 0 Å². The fourth-order valence-electron chi connectivity index (χ4n) is 1.98. The largest absolute Gasteiger partial charge is 0.354 e. The smallest absolute Gasteiger partial charge is 0.319 e. The number of carbonyl (C=O) groups is 2. The SMILES string of the molecule is CC(C)CNC(=O)[C@H](CC(C)C)NC(=O)Nc1ccccc1. The molecule has 0 saturated heterocycles. The first-order valence-corrected chi connectivity index (χ1v) is 7.78. The van der Waals surface area contributed by atoms with Crippen LogP contribution >= 0.6 is 0 Å². The number of benzene rings is 1. The third-order valence-electron chi connectivity index (χ3n) is 3.05. The molecule has 0 aromatic heterocycles. The molecule has 0 spiro atoms. The third-order valence-corrected chi connectivity index (χ3v) is 3.05. The number of urea groups is 1. The molecule has 0 fully saturated rings. The van der Waals surface area contributed by atoms with Crippen LogP contribution < -0.4 is 16.0 Å². The van der Waals surface area contributed by atoms with Crippen LogP contribution in [0.15, 0.2) is 30.3 Å². The van der Waals surface area contributed by atoms with Gasteiger partial charge in [-0.2, -0.15) is 0 Å². The second-order valence-electron chi connectivity index (χ2n) is 6.29. The van der Waals surface area contributed by atoms with Crippen molar-refractivity contribution in [3.8, 4) is 0 Å². The molecular weight excluding hydrogens is 278 g/mol. The van der Waals surface area contributed by atoms with Gasteiger partial charge in [0.1, 0.15) is 6.04 Å². The van der Waals surface area contributed by atoms with Gasteiger partial charge in [-0.25, -0.2) is 4.79 Å². The fraction of sp³-hybridized carbons (Fsp3) is 0.529. The van der Waals surface area contributed by atoms with Crippen molar-refractivity contribution in [2.24, 2.45) is 11.8 Å². The van der Waals surface area contributed by atoms with Crippen LogP contribution in [-0.4, -0.2) is 24.5 Å². The summed E-state index contributed by atoms with van der Waals surface area (Å²) in [5.74, 6) is 0.555. The number of amides is 3. The molecule has 0 radical (unpaired) electrons. The lowest BCUT2D eigenvalue weighted by Gasteiger charge is -2.21. The molecule has 0 unspecified atom stereocenters. The summed E-state index contributed by atoms with van der Waals surface area (Å²) >= 11 is 0. The minimum atomic E-state index is -0.525. The van der Waals surface area contributed by atoms with Gasteiger partial charge in [0.15, 0.2) is 0 Å². The molecule has 1 aromatic rings. The number of hydrogen-bond acceptors (Lipinski definition) is 2. The highest BCUT2D eigenvalue weighted by Gasteiger charge is 2.21. The van der Waals surface area contributed by atoms with Crippen LogP contribution in [0.5, 0.6) is 0 Å². The highest BCUT2D eigenvalue weighted by atomic mass is 16.2. The summed E-state index contributed by atoms with van der Waals surface area (Å²) < 4.78 is 0. The van der Waals surface area contributed by atoms with Crippen molar-refractivity contribution in [1.82, 2.24) is 10.6 Å². The lowest BCUT2D eigenvalue weighted by Crippen LogP contribution is -2.49. The van der Waals surface area contributed by atoms with E-state index >= 15 is 0 Å². The van der Waals surface area contributed by atoms with Crippen LogP contribution in [0.4, 0.5) is 10.5 Å². The predicted octanol–water partition coefficient (Wildman–Crippen LogP) is 3.00. The zero-order valence-corrected chi connectivity index (χ0v) is 13.8. The van der Waals surface area contributed by atoms with Gasteiger partial charge in [-0.1, -0.05) is 45.9 Å². The van der Waals surface area contributed by atoms with Gasteiger partial charge in [0, 0.05) is 12.2 Å². The zero-order chi connectivity index (χ0) is 16.5. The Morgan fingerprint density at radius 1 is 1.00 bits per heavy atom. The van der Waals surface area contributed by atoms with Gasteiger partial charge in [0.25, 0.3) is 0 Å². The van der Waals surface area contributed by atoms with Gasteiger partial charge < -0.3 is 16.0 Å². The van der Waals surface area contributed by atoms with E-state index in [2.05, 4.69) is 16.0 Å². The number of rotatable bonds is 7. The van der Waals surface area contributed by atoms with Gasteiger partial charge >= 0.3 is 6.03 Å². The summed E-state index contributed by atoms with van der Waals surface area (Å²) in [7, 11) is 0. The van der Waals surface area contributed by atoms with Crippen molar-refractivity contribution in [3.63, 3.8) is 0 Å². The molecule has 0 bridgehead atoms. The first-order valence-electron chi connectivity index (χ1n) is 7.78. The van der Waals surface area contributed by atoms with Crippen LogP contribution in [0.3, 0.4) is 0 Å². The summed E-state index contributed by atoms with van der Waals surface area (Å²) in [6, 6.07) is 8.28. The molecule has 22 heavy (non-hydrogen) atoms. The van der Waals surface area contributed by atoms with Crippen molar-refractivity contribution < 1.29 is 9.59 Å². The Kier molecular flexibility index (Phi) is 7.43. The van der Waals surface area contributed by atoms with Gasteiger partial charge in [-0.05, 0) is 30.4 Å². The molecule has 1 rings (SSSR count). The maximum atomic E-state index is 12.2. The molecule has 1 atom stereocenters. The lowest BCUT2D eigenvalue weighted by molar-refractivity contribution is -0.123. The highest BCUT2D eigenvalue weighted by Crippen LogP contribution is 2.08. The van der Waals surface area contributed by atoms with Crippen molar-refractivity contribution in [2.45, 2.75) is 40.2 Å². The zero-order valence-electron chi connectivity index (χ0n) is 13.8. The molecule has 3 N–H and O–H groups in total. The Bertz CT molecular complexity index is 472. The average Bonchev–Trinajstić information content (AvgIpc) is 2.44. The van der Waals surface area contributed by atoms with E-state index in [0.717, 1.165) is 0 Å². The van der Waals surface area contributed by atoms with Crippen LogP contribution in [0.1, 0.15) is 34.1 Å². The van der Waals surface area contributed by atoms with Gasteiger partial charge in [0.05, 0.1) is 0 Å². The molecule has 5 nitrogen and oxygen atoms in total. The van der Waals surface area contributed by atoms with E-state index in [4.69, 9.17) is 0 Å². The summed E-state index contributed by atoms with van der Waals surface area (Å²) in [6.07, 6.45) is 0.603. The quantitative estimate of drug-likeness (QED) is 0.725.